The monoisotopic (exact) mass is 296 g/mol. The quantitative estimate of drug-likeness (QED) is 0.776. The van der Waals surface area contributed by atoms with E-state index >= 15 is 0 Å². The lowest BCUT2D eigenvalue weighted by Gasteiger charge is -2.18. The summed E-state index contributed by atoms with van der Waals surface area (Å²) in [6.07, 6.45) is 0.713. The number of amides is 1. The van der Waals surface area contributed by atoms with Gasteiger partial charge in [-0.25, -0.2) is 0 Å². The molecule has 0 spiro atoms. The second kappa shape index (κ2) is 8.36. The molecule has 1 rings (SSSR count). The highest BCUT2D eigenvalue weighted by molar-refractivity contribution is 5.77. The van der Waals surface area contributed by atoms with Gasteiger partial charge in [0.1, 0.15) is 0 Å². The lowest BCUT2D eigenvalue weighted by atomic mass is 10.1. The van der Waals surface area contributed by atoms with Crippen LogP contribution in [0.25, 0.3) is 0 Å². The molecule has 0 saturated carbocycles. The average molecular weight is 296 g/mol. The number of hydrogen-bond donors (Lipinski definition) is 1. The van der Waals surface area contributed by atoms with Crippen molar-refractivity contribution in [2.75, 3.05) is 41.0 Å². The van der Waals surface area contributed by atoms with Crippen LogP contribution in [0.3, 0.4) is 0 Å². The number of nitrogens with zero attached hydrogens (tertiary/aromatic N) is 1. The van der Waals surface area contributed by atoms with Crippen molar-refractivity contribution in [3.05, 3.63) is 17.7 Å². The first-order valence-corrected chi connectivity index (χ1v) is 6.89. The highest BCUT2D eigenvalue weighted by Gasteiger charge is 2.16. The molecular formula is C15H24N2O4. The minimum atomic E-state index is -0.104. The Hall–Kier alpha value is -1.95. The molecule has 0 aliphatic carbocycles. The first kappa shape index (κ1) is 17.1. The van der Waals surface area contributed by atoms with Gasteiger partial charge in [0.05, 0.1) is 14.2 Å². The molecule has 118 valence electrons. The van der Waals surface area contributed by atoms with Gasteiger partial charge in [-0.15, -0.1) is 0 Å². The van der Waals surface area contributed by atoms with E-state index in [-0.39, 0.29) is 12.5 Å². The maximum Gasteiger partial charge on any atom is 0.260 e. The molecule has 0 saturated heterocycles. The fourth-order valence-corrected chi connectivity index (χ4v) is 1.81. The van der Waals surface area contributed by atoms with E-state index in [0.717, 1.165) is 5.56 Å². The number of ether oxygens (including phenoxy) is 3. The third-order valence-corrected chi connectivity index (χ3v) is 3.19. The van der Waals surface area contributed by atoms with Gasteiger partial charge in [0.2, 0.25) is 5.75 Å². The highest BCUT2D eigenvalue weighted by atomic mass is 16.5. The molecule has 21 heavy (non-hydrogen) atoms. The Balaban J connectivity index is 2.96. The summed E-state index contributed by atoms with van der Waals surface area (Å²) >= 11 is 0. The topological polar surface area (TPSA) is 74.0 Å². The predicted octanol–water partition coefficient (Wildman–Crippen LogP) is 1.06. The lowest BCUT2D eigenvalue weighted by molar-refractivity contribution is -0.131. The van der Waals surface area contributed by atoms with Gasteiger partial charge in [0, 0.05) is 13.6 Å². The lowest BCUT2D eigenvalue weighted by Crippen LogP contribution is -2.31. The van der Waals surface area contributed by atoms with E-state index in [2.05, 4.69) is 0 Å². The van der Waals surface area contributed by atoms with Crippen molar-refractivity contribution < 1.29 is 19.0 Å². The zero-order valence-corrected chi connectivity index (χ0v) is 13.1. The van der Waals surface area contributed by atoms with Crippen LogP contribution in [0.5, 0.6) is 17.2 Å². The van der Waals surface area contributed by atoms with Crippen molar-refractivity contribution in [2.24, 2.45) is 5.73 Å². The molecule has 0 fully saturated rings. The number of carbonyl (C=O) groups excluding carboxylic acids is 1. The van der Waals surface area contributed by atoms with Crippen LogP contribution < -0.4 is 19.9 Å². The van der Waals surface area contributed by atoms with Crippen LogP contribution in [-0.4, -0.2) is 51.8 Å². The van der Waals surface area contributed by atoms with Crippen molar-refractivity contribution in [2.45, 2.75) is 13.3 Å². The van der Waals surface area contributed by atoms with Crippen LogP contribution in [0.15, 0.2) is 12.1 Å². The molecule has 0 aliphatic heterocycles. The largest absolute Gasteiger partial charge is 0.493 e. The van der Waals surface area contributed by atoms with E-state index in [9.17, 15) is 4.79 Å². The van der Waals surface area contributed by atoms with Gasteiger partial charge in [-0.3, -0.25) is 4.79 Å². The Morgan fingerprint density at radius 1 is 1.24 bits per heavy atom. The molecule has 0 bridgehead atoms. The minimum absolute atomic E-state index is 0.0622. The van der Waals surface area contributed by atoms with Crippen molar-refractivity contribution >= 4 is 5.91 Å². The second-order valence-corrected chi connectivity index (χ2v) is 4.56. The fourth-order valence-electron chi connectivity index (χ4n) is 1.81. The van der Waals surface area contributed by atoms with Crippen LogP contribution in [0.1, 0.15) is 12.5 Å². The number of rotatable bonds is 8. The molecule has 1 aromatic carbocycles. The average Bonchev–Trinajstić information content (AvgIpc) is 2.51. The van der Waals surface area contributed by atoms with Gasteiger partial charge in [0.15, 0.2) is 18.1 Å². The van der Waals surface area contributed by atoms with E-state index in [0.29, 0.717) is 36.8 Å². The van der Waals surface area contributed by atoms with E-state index in [1.165, 1.54) is 0 Å². The van der Waals surface area contributed by atoms with Gasteiger partial charge in [-0.1, -0.05) is 0 Å². The summed E-state index contributed by atoms with van der Waals surface area (Å²) in [5.74, 6) is 1.39. The van der Waals surface area contributed by atoms with Gasteiger partial charge in [-0.05, 0) is 37.6 Å². The summed E-state index contributed by atoms with van der Waals surface area (Å²) in [7, 11) is 4.83. The SMILES string of the molecule is CCN(C)C(=O)COc1c(OC)cc(CCN)cc1OC. The molecule has 6 heteroatoms. The Labute approximate surface area is 125 Å². The first-order valence-electron chi connectivity index (χ1n) is 6.89. The van der Waals surface area contributed by atoms with Crippen LogP contribution >= 0.6 is 0 Å². The maximum absolute atomic E-state index is 11.8. The highest BCUT2D eigenvalue weighted by Crippen LogP contribution is 2.38. The summed E-state index contributed by atoms with van der Waals surface area (Å²) in [5, 5.41) is 0. The maximum atomic E-state index is 11.8. The van der Waals surface area contributed by atoms with Crippen LogP contribution in [-0.2, 0) is 11.2 Å². The fraction of sp³-hybridized carbons (Fsp3) is 0.533. The Bertz CT molecular complexity index is 452. The van der Waals surface area contributed by atoms with Crippen molar-refractivity contribution in [3.8, 4) is 17.2 Å². The van der Waals surface area contributed by atoms with Crippen LogP contribution in [0.4, 0.5) is 0 Å². The van der Waals surface area contributed by atoms with E-state index in [4.69, 9.17) is 19.9 Å². The standard InChI is InChI=1S/C15H24N2O4/c1-5-17(2)14(18)10-21-15-12(19-3)8-11(6-7-16)9-13(15)20-4/h8-9H,5-7,10,16H2,1-4H3. The first-order chi connectivity index (χ1) is 10.1. The van der Waals surface area contributed by atoms with Crippen LogP contribution in [0.2, 0.25) is 0 Å². The summed E-state index contributed by atoms with van der Waals surface area (Å²) in [6, 6.07) is 3.69. The van der Waals surface area contributed by atoms with Crippen molar-refractivity contribution in [1.29, 1.82) is 0 Å². The minimum Gasteiger partial charge on any atom is -0.493 e. The molecule has 0 heterocycles. The Kier molecular flexibility index (Phi) is 6.81. The third kappa shape index (κ3) is 4.53. The van der Waals surface area contributed by atoms with Gasteiger partial charge < -0.3 is 24.8 Å². The molecule has 0 unspecified atom stereocenters. The van der Waals surface area contributed by atoms with Gasteiger partial charge in [-0.2, -0.15) is 0 Å². The zero-order valence-electron chi connectivity index (χ0n) is 13.1. The third-order valence-electron chi connectivity index (χ3n) is 3.19. The molecule has 0 aromatic heterocycles. The number of methoxy groups -OCH3 is 2. The summed E-state index contributed by atoms with van der Waals surface area (Å²) in [4.78, 5) is 13.4. The van der Waals surface area contributed by atoms with Crippen molar-refractivity contribution in [3.63, 3.8) is 0 Å². The molecule has 6 nitrogen and oxygen atoms in total. The van der Waals surface area contributed by atoms with Crippen LogP contribution in [0, 0.1) is 0 Å². The van der Waals surface area contributed by atoms with E-state index in [1.54, 1.807) is 26.2 Å². The second-order valence-electron chi connectivity index (χ2n) is 4.56. The van der Waals surface area contributed by atoms with E-state index in [1.807, 2.05) is 19.1 Å². The van der Waals surface area contributed by atoms with Gasteiger partial charge in [0.25, 0.3) is 5.91 Å². The number of carbonyl (C=O) groups is 1. The van der Waals surface area contributed by atoms with Crippen molar-refractivity contribution in [1.82, 2.24) is 4.90 Å². The van der Waals surface area contributed by atoms with Gasteiger partial charge >= 0.3 is 0 Å². The molecule has 0 radical (unpaired) electrons. The molecule has 0 atom stereocenters. The Morgan fingerprint density at radius 2 is 1.81 bits per heavy atom. The smallest absolute Gasteiger partial charge is 0.260 e. The summed E-state index contributed by atoms with van der Waals surface area (Å²) in [6.45, 7) is 3.01. The summed E-state index contributed by atoms with van der Waals surface area (Å²) in [5.41, 5.74) is 6.56. The molecule has 0 aliphatic rings. The number of hydrogen-bond acceptors (Lipinski definition) is 5. The molecular weight excluding hydrogens is 272 g/mol. The number of benzene rings is 1. The summed E-state index contributed by atoms with van der Waals surface area (Å²) < 4.78 is 16.2. The predicted molar refractivity (Wildman–Crippen MR) is 81.1 cm³/mol. The number of likely N-dealkylation sites (N-methyl/N-ethyl adjacent to an activating group) is 1. The molecule has 1 aromatic rings. The molecule has 2 N–H and O–H groups in total. The van der Waals surface area contributed by atoms with E-state index < -0.39 is 0 Å². The zero-order chi connectivity index (χ0) is 15.8. The Morgan fingerprint density at radius 3 is 2.24 bits per heavy atom. The molecule has 1 amide bonds. The number of nitrogens with two attached hydrogens (primary N) is 1. The normalized spacial score (nSPS) is 10.1.